The van der Waals surface area contributed by atoms with Crippen molar-refractivity contribution in [2.24, 2.45) is 0 Å². The van der Waals surface area contributed by atoms with E-state index in [0.29, 0.717) is 5.69 Å². The molecule has 0 saturated heterocycles. The molecule has 6 heteroatoms. The number of nitrogens with zero attached hydrogens (tertiary/aromatic N) is 1. The van der Waals surface area contributed by atoms with Crippen LogP contribution in [0.15, 0.2) is 24.3 Å². The van der Waals surface area contributed by atoms with Gasteiger partial charge in [0.1, 0.15) is 0 Å². The molecule has 0 bridgehead atoms. The second-order valence-corrected chi connectivity index (χ2v) is 3.46. The Bertz CT molecular complexity index is 320. The first-order valence-electron chi connectivity index (χ1n) is 3.73. The van der Waals surface area contributed by atoms with Crippen LogP contribution in [-0.2, 0) is 11.3 Å². The van der Waals surface area contributed by atoms with E-state index in [4.69, 9.17) is 0 Å². The van der Waals surface area contributed by atoms with Gasteiger partial charge >= 0.3 is 0 Å². The van der Waals surface area contributed by atoms with E-state index in [-0.39, 0.29) is 29.6 Å². The second-order valence-electron chi connectivity index (χ2n) is 2.78. The zero-order valence-electron chi connectivity index (χ0n) is 8.48. The van der Waals surface area contributed by atoms with Gasteiger partial charge in [-0.2, -0.15) is 0 Å². The summed E-state index contributed by atoms with van der Waals surface area (Å²) in [5.74, 6) is 0. The molecule has 0 fully saturated rings. The van der Waals surface area contributed by atoms with E-state index in [0.717, 1.165) is 5.69 Å². The van der Waals surface area contributed by atoms with Crippen LogP contribution >= 0.6 is 0 Å². The first-order chi connectivity index (χ1) is 6.09. The summed E-state index contributed by atoms with van der Waals surface area (Å²) in [5.41, 5.74) is 1.52. The van der Waals surface area contributed by atoms with E-state index in [1.807, 2.05) is 25.1 Å². The number of nitrogens with one attached hydrogen (secondary N) is 1. The molecule has 0 amide bonds. The third-order valence-corrected chi connectivity index (χ3v) is 1.97. The van der Waals surface area contributed by atoms with Crippen LogP contribution in [0.5, 0.6) is 0 Å². The Labute approximate surface area is 108 Å². The van der Waals surface area contributed by atoms with Gasteiger partial charge in [-0.1, -0.05) is 6.07 Å². The number of hydrogen-bond donors (Lipinski definition) is 1. The average Bonchev–Trinajstić information content (AvgIpc) is 2.03. The molecule has 0 aliphatic heterocycles. The van der Waals surface area contributed by atoms with E-state index < -0.39 is 11.3 Å². The summed E-state index contributed by atoms with van der Waals surface area (Å²) in [6, 6.07) is 7.15. The number of hydrogen-bond acceptors (Lipinski definition) is 3. The number of benzene rings is 1. The smallest absolute Gasteiger partial charge is 0.0473 e. The van der Waals surface area contributed by atoms with E-state index in [2.05, 4.69) is 4.72 Å². The van der Waals surface area contributed by atoms with Crippen molar-refractivity contribution in [2.75, 3.05) is 23.7 Å². The topological polar surface area (TPSA) is 55.4 Å². The van der Waals surface area contributed by atoms with Crippen molar-refractivity contribution in [2.45, 2.75) is 0 Å². The monoisotopic (exact) mass is 222 g/mol. The largest absolute Gasteiger partial charge is 0.755 e. The molecule has 73 valence electrons. The van der Waals surface area contributed by atoms with Crippen LogP contribution in [0, 0.1) is 0 Å². The zero-order valence-corrected chi connectivity index (χ0v) is 11.3. The van der Waals surface area contributed by atoms with E-state index in [1.165, 1.54) is 0 Å². The van der Waals surface area contributed by atoms with Gasteiger partial charge in [0.2, 0.25) is 0 Å². The van der Waals surface area contributed by atoms with Crippen LogP contribution in [0.25, 0.3) is 0 Å². The van der Waals surface area contributed by atoms with Crippen molar-refractivity contribution in [3.63, 3.8) is 0 Å². The van der Waals surface area contributed by atoms with Crippen molar-refractivity contribution < 1.29 is 8.76 Å². The fourth-order valence-electron chi connectivity index (χ4n) is 0.944. The van der Waals surface area contributed by atoms with Crippen molar-refractivity contribution in [1.29, 1.82) is 0 Å². The minimum absolute atomic E-state index is 0. The van der Waals surface area contributed by atoms with E-state index >= 15 is 0 Å². The maximum atomic E-state index is 10.3. The van der Waals surface area contributed by atoms with E-state index in [9.17, 15) is 8.76 Å². The summed E-state index contributed by atoms with van der Waals surface area (Å²) >= 11 is -2.26. The van der Waals surface area contributed by atoms with Gasteiger partial charge in [0.05, 0.1) is 0 Å². The summed E-state index contributed by atoms with van der Waals surface area (Å²) in [6.07, 6.45) is 0. The first kappa shape index (κ1) is 13.9. The SMILES string of the molecule is CN(C)c1cccc(NS(=O)[O-])c1.[Na]. The molecule has 1 aromatic carbocycles. The summed E-state index contributed by atoms with van der Waals surface area (Å²) in [5, 5.41) is 0. The Hall–Kier alpha value is -0.0700. The molecular formula is C8H11N2NaO2S-. The molecule has 1 atom stereocenters. The van der Waals surface area contributed by atoms with E-state index in [1.54, 1.807) is 18.2 Å². The standard InChI is InChI=1S/C8H12N2O2S.Na/c1-10(2)8-5-3-4-7(6-8)9-13(11)12;/h3-6,9H,1-2H3,(H,11,12);/p-1. The van der Waals surface area contributed by atoms with Crippen LogP contribution in [0.3, 0.4) is 0 Å². The van der Waals surface area contributed by atoms with Crippen LogP contribution in [-0.4, -0.2) is 52.4 Å². The van der Waals surface area contributed by atoms with Crippen LogP contribution in [0.4, 0.5) is 11.4 Å². The van der Waals surface area contributed by atoms with Crippen molar-refractivity contribution in [1.82, 2.24) is 0 Å². The van der Waals surface area contributed by atoms with Gasteiger partial charge in [-0.3, -0.25) is 4.21 Å². The summed E-state index contributed by atoms with van der Waals surface area (Å²) in [6.45, 7) is 0. The fourth-order valence-corrected chi connectivity index (χ4v) is 1.26. The van der Waals surface area contributed by atoms with Crippen molar-refractivity contribution in [3.05, 3.63) is 24.3 Å². The Kier molecular flexibility index (Phi) is 6.39. The molecular weight excluding hydrogens is 211 g/mol. The van der Waals surface area contributed by atoms with Crippen molar-refractivity contribution >= 4 is 52.2 Å². The maximum absolute atomic E-state index is 10.3. The third kappa shape index (κ3) is 4.43. The zero-order chi connectivity index (χ0) is 9.84. The Morgan fingerprint density at radius 3 is 2.57 bits per heavy atom. The number of anilines is 2. The molecule has 1 unspecified atom stereocenters. The quantitative estimate of drug-likeness (QED) is 0.601. The molecule has 0 aromatic heterocycles. The molecule has 0 spiro atoms. The second kappa shape index (κ2) is 6.42. The summed E-state index contributed by atoms with van der Waals surface area (Å²) in [7, 11) is 3.79. The summed E-state index contributed by atoms with van der Waals surface area (Å²) in [4.78, 5) is 1.90. The van der Waals surface area contributed by atoms with Gasteiger partial charge in [-0.25, -0.2) is 0 Å². The summed E-state index contributed by atoms with van der Waals surface area (Å²) < 4.78 is 22.9. The van der Waals surface area contributed by atoms with Crippen LogP contribution < -0.4 is 9.62 Å². The minimum atomic E-state index is -2.26. The molecule has 14 heavy (non-hydrogen) atoms. The van der Waals surface area contributed by atoms with Crippen LogP contribution in [0.2, 0.25) is 0 Å². The predicted molar refractivity (Wildman–Crippen MR) is 59.1 cm³/mol. The Morgan fingerprint density at radius 2 is 2.07 bits per heavy atom. The fraction of sp³-hybridized carbons (Fsp3) is 0.250. The predicted octanol–water partition coefficient (Wildman–Crippen LogP) is 0.578. The molecule has 1 aromatic rings. The molecule has 4 nitrogen and oxygen atoms in total. The Balaban J connectivity index is 0.00000169. The molecule has 0 aliphatic carbocycles. The minimum Gasteiger partial charge on any atom is -0.755 e. The maximum Gasteiger partial charge on any atom is 0.0473 e. The van der Waals surface area contributed by atoms with Gasteiger partial charge in [0.15, 0.2) is 0 Å². The molecule has 0 heterocycles. The molecule has 1 N–H and O–H groups in total. The first-order valence-corrected chi connectivity index (χ1v) is 4.80. The van der Waals surface area contributed by atoms with Gasteiger partial charge in [-0.15, -0.1) is 0 Å². The number of rotatable bonds is 3. The van der Waals surface area contributed by atoms with Gasteiger partial charge in [0, 0.05) is 66.3 Å². The Morgan fingerprint density at radius 1 is 1.43 bits per heavy atom. The normalized spacial score (nSPS) is 11.4. The molecule has 1 radical (unpaired) electrons. The average molecular weight is 222 g/mol. The molecule has 1 rings (SSSR count). The third-order valence-electron chi connectivity index (χ3n) is 1.56. The molecule has 0 aliphatic rings. The van der Waals surface area contributed by atoms with Gasteiger partial charge in [-0.05, 0) is 18.2 Å². The van der Waals surface area contributed by atoms with Gasteiger partial charge < -0.3 is 14.2 Å². The van der Waals surface area contributed by atoms with Crippen molar-refractivity contribution in [3.8, 4) is 0 Å². The molecule has 0 saturated carbocycles. The van der Waals surface area contributed by atoms with Gasteiger partial charge in [0.25, 0.3) is 0 Å². The van der Waals surface area contributed by atoms with Crippen LogP contribution in [0.1, 0.15) is 0 Å².